The lowest BCUT2D eigenvalue weighted by atomic mass is 9.98. The van der Waals surface area contributed by atoms with E-state index in [1.165, 1.54) is 0 Å². The molecule has 11 nitrogen and oxygen atoms in total. The minimum Gasteiger partial charge on any atom is -0.394 e. The lowest BCUT2D eigenvalue weighted by Gasteiger charge is -2.43. The maximum atomic E-state index is 10.1. The topological polar surface area (TPSA) is 179 Å². The number of aliphatic hydroxyl groups is 7. The summed E-state index contributed by atoms with van der Waals surface area (Å²) in [7, 11) is 0. The minimum absolute atomic E-state index is 0.391. The SMILES string of the molecule is CC(C)(C)O[C@@H]1OC(CO[C@@H]2OC(CO)[C@H](O)[C@H](O)C2O)[C@H](O)[C@H](O)C1O. The normalized spacial score (nSPS) is 46.4. The van der Waals surface area contributed by atoms with Crippen LogP contribution in [0.1, 0.15) is 20.8 Å². The number of hydrogen-bond donors (Lipinski definition) is 7. The van der Waals surface area contributed by atoms with E-state index in [1.54, 1.807) is 20.8 Å². The molecule has 2 aliphatic heterocycles. The van der Waals surface area contributed by atoms with Crippen molar-refractivity contribution in [1.82, 2.24) is 0 Å². The summed E-state index contributed by atoms with van der Waals surface area (Å²) >= 11 is 0. The van der Waals surface area contributed by atoms with Crippen molar-refractivity contribution in [2.24, 2.45) is 0 Å². The molecule has 10 atom stereocenters. The van der Waals surface area contributed by atoms with Crippen molar-refractivity contribution in [3.8, 4) is 0 Å². The number of aliphatic hydroxyl groups excluding tert-OH is 7. The van der Waals surface area contributed by atoms with E-state index in [-0.39, 0.29) is 0 Å². The minimum atomic E-state index is -1.61. The van der Waals surface area contributed by atoms with E-state index in [0.29, 0.717) is 0 Å². The zero-order valence-electron chi connectivity index (χ0n) is 15.5. The van der Waals surface area contributed by atoms with Gasteiger partial charge in [0.25, 0.3) is 0 Å². The zero-order chi connectivity index (χ0) is 20.5. The van der Waals surface area contributed by atoms with Crippen LogP contribution >= 0.6 is 0 Å². The fourth-order valence-corrected chi connectivity index (χ4v) is 2.89. The Bertz CT molecular complexity index is 468. The Morgan fingerprint density at radius 1 is 0.704 bits per heavy atom. The Labute approximate surface area is 156 Å². The van der Waals surface area contributed by atoms with Crippen molar-refractivity contribution in [1.29, 1.82) is 0 Å². The molecular formula is C16H30O11. The predicted molar refractivity (Wildman–Crippen MR) is 87.2 cm³/mol. The molecule has 2 rings (SSSR count). The summed E-state index contributed by atoms with van der Waals surface area (Å²) in [6.45, 7) is 4.16. The molecule has 2 aliphatic rings. The third-order valence-corrected chi connectivity index (χ3v) is 4.41. The van der Waals surface area contributed by atoms with Gasteiger partial charge in [-0.3, -0.25) is 0 Å². The van der Waals surface area contributed by atoms with Crippen LogP contribution in [0.2, 0.25) is 0 Å². The summed E-state index contributed by atoms with van der Waals surface area (Å²) in [5, 5.41) is 68.8. The number of ether oxygens (including phenoxy) is 4. The van der Waals surface area contributed by atoms with E-state index in [0.717, 1.165) is 0 Å². The van der Waals surface area contributed by atoms with E-state index in [4.69, 9.17) is 18.9 Å². The molecule has 0 aromatic carbocycles. The summed E-state index contributed by atoms with van der Waals surface area (Å²) in [6, 6.07) is 0. The monoisotopic (exact) mass is 398 g/mol. The Morgan fingerprint density at radius 2 is 1.19 bits per heavy atom. The highest BCUT2D eigenvalue weighted by Crippen LogP contribution is 2.27. The van der Waals surface area contributed by atoms with Gasteiger partial charge >= 0.3 is 0 Å². The van der Waals surface area contributed by atoms with Crippen molar-refractivity contribution in [3.63, 3.8) is 0 Å². The van der Waals surface area contributed by atoms with Gasteiger partial charge in [-0.25, -0.2) is 0 Å². The van der Waals surface area contributed by atoms with Crippen LogP contribution in [-0.2, 0) is 18.9 Å². The van der Waals surface area contributed by atoms with Gasteiger partial charge in [0, 0.05) is 0 Å². The highest BCUT2D eigenvalue weighted by Gasteiger charge is 2.48. The zero-order valence-corrected chi connectivity index (χ0v) is 15.5. The van der Waals surface area contributed by atoms with E-state index in [2.05, 4.69) is 0 Å². The molecular weight excluding hydrogens is 368 g/mol. The van der Waals surface area contributed by atoms with Gasteiger partial charge in [0.1, 0.15) is 48.8 Å². The number of hydrogen-bond acceptors (Lipinski definition) is 11. The lowest BCUT2D eigenvalue weighted by molar-refractivity contribution is -0.340. The Hall–Kier alpha value is -0.440. The van der Waals surface area contributed by atoms with E-state index in [9.17, 15) is 35.7 Å². The fraction of sp³-hybridized carbons (Fsp3) is 1.00. The Kier molecular flexibility index (Phi) is 7.55. The first-order valence-electron chi connectivity index (χ1n) is 8.76. The molecule has 0 radical (unpaired) electrons. The molecule has 11 heteroatoms. The van der Waals surface area contributed by atoms with E-state index in [1.807, 2.05) is 0 Å². The largest absolute Gasteiger partial charge is 0.394 e. The molecule has 4 unspecified atom stereocenters. The summed E-state index contributed by atoms with van der Waals surface area (Å²) in [5.74, 6) is 0. The predicted octanol–water partition coefficient (Wildman–Crippen LogP) is -3.57. The molecule has 0 aromatic heterocycles. The van der Waals surface area contributed by atoms with Crippen LogP contribution in [0.25, 0.3) is 0 Å². The molecule has 0 saturated carbocycles. The van der Waals surface area contributed by atoms with Crippen molar-refractivity contribution in [2.45, 2.75) is 87.8 Å². The van der Waals surface area contributed by atoms with Crippen LogP contribution < -0.4 is 0 Å². The molecule has 0 bridgehead atoms. The molecule has 0 amide bonds. The van der Waals surface area contributed by atoms with Crippen LogP contribution in [0.15, 0.2) is 0 Å². The summed E-state index contributed by atoms with van der Waals surface area (Å²) in [6.07, 6.45) is -14.2. The van der Waals surface area contributed by atoms with Crippen LogP contribution in [0, 0.1) is 0 Å². The van der Waals surface area contributed by atoms with Crippen LogP contribution in [0.3, 0.4) is 0 Å². The van der Waals surface area contributed by atoms with Gasteiger partial charge in [-0.1, -0.05) is 0 Å². The van der Waals surface area contributed by atoms with Gasteiger partial charge in [-0.2, -0.15) is 0 Å². The first-order valence-corrected chi connectivity index (χ1v) is 8.76. The van der Waals surface area contributed by atoms with Crippen LogP contribution in [0.5, 0.6) is 0 Å². The quantitative estimate of drug-likeness (QED) is 0.243. The van der Waals surface area contributed by atoms with Gasteiger partial charge < -0.3 is 54.7 Å². The molecule has 2 heterocycles. The van der Waals surface area contributed by atoms with Crippen molar-refractivity contribution >= 4 is 0 Å². The maximum Gasteiger partial charge on any atom is 0.187 e. The molecule has 2 saturated heterocycles. The fourth-order valence-electron chi connectivity index (χ4n) is 2.89. The molecule has 160 valence electrons. The first-order chi connectivity index (χ1) is 12.5. The van der Waals surface area contributed by atoms with Gasteiger partial charge in [0.15, 0.2) is 12.6 Å². The Balaban J connectivity index is 2.00. The van der Waals surface area contributed by atoms with Crippen LogP contribution in [-0.4, -0.2) is 116 Å². The summed E-state index contributed by atoms with van der Waals surface area (Å²) in [4.78, 5) is 0. The average molecular weight is 398 g/mol. The maximum absolute atomic E-state index is 10.1. The van der Waals surface area contributed by atoms with E-state index >= 15 is 0 Å². The molecule has 0 aromatic rings. The molecule has 27 heavy (non-hydrogen) atoms. The van der Waals surface area contributed by atoms with Crippen molar-refractivity contribution in [3.05, 3.63) is 0 Å². The second-order valence-corrected chi connectivity index (χ2v) is 7.78. The Morgan fingerprint density at radius 3 is 1.70 bits per heavy atom. The first kappa shape index (κ1) is 22.8. The summed E-state index contributed by atoms with van der Waals surface area (Å²) in [5.41, 5.74) is -0.698. The van der Waals surface area contributed by atoms with Gasteiger partial charge in [-0.05, 0) is 20.8 Å². The third-order valence-electron chi connectivity index (χ3n) is 4.41. The third kappa shape index (κ3) is 5.34. The highest BCUT2D eigenvalue weighted by molar-refractivity contribution is 4.92. The van der Waals surface area contributed by atoms with Crippen molar-refractivity contribution in [2.75, 3.05) is 13.2 Å². The second kappa shape index (κ2) is 8.93. The number of rotatable bonds is 5. The molecule has 0 aliphatic carbocycles. The van der Waals surface area contributed by atoms with Crippen molar-refractivity contribution < 1.29 is 54.7 Å². The van der Waals surface area contributed by atoms with Gasteiger partial charge in [-0.15, -0.1) is 0 Å². The lowest BCUT2D eigenvalue weighted by Crippen LogP contribution is -2.62. The molecule has 2 fully saturated rings. The standard InChI is InChI=1S/C16H30O11/c1-16(2,3)27-15-13(23)11(21)9(19)7(26-15)5-24-14-12(22)10(20)8(18)6(4-17)25-14/h6-15,17-23H,4-5H2,1-3H3/t6?,7?,8-,9-,10-,11-,12?,13?,14+,15-/m0/s1. The molecule has 0 spiro atoms. The summed E-state index contributed by atoms with van der Waals surface area (Å²) < 4.78 is 21.5. The van der Waals surface area contributed by atoms with Crippen LogP contribution in [0.4, 0.5) is 0 Å². The highest BCUT2D eigenvalue weighted by atomic mass is 16.7. The van der Waals surface area contributed by atoms with Gasteiger partial charge in [0.2, 0.25) is 0 Å². The second-order valence-electron chi connectivity index (χ2n) is 7.78. The van der Waals surface area contributed by atoms with E-state index < -0.39 is 80.2 Å². The smallest absolute Gasteiger partial charge is 0.187 e. The van der Waals surface area contributed by atoms with Gasteiger partial charge in [0.05, 0.1) is 18.8 Å². The average Bonchev–Trinajstić information content (AvgIpc) is 2.59. The molecule has 7 N–H and O–H groups in total.